The van der Waals surface area contributed by atoms with Crippen molar-refractivity contribution in [3.8, 4) is 11.5 Å². The van der Waals surface area contributed by atoms with Crippen LogP contribution in [-0.4, -0.2) is 65.6 Å². The third kappa shape index (κ3) is 4.73. The SMILES string of the molecule is Nc1nc(/C(=N/OCCN2CCCC2)c2ccc3c(c2)OCO3)c2cc(C(=O)NC3CC3)sc2n1. The Morgan fingerprint density at radius 1 is 1.20 bits per heavy atom. The van der Waals surface area contributed by atoms with Crippen molar-refractivity contribution in [2.45, 2.75) is 31.7 Å². The van der Waals surface area contributed by atoms with Gasteiger partial charge in [0.25, 0.3) is 5.91 Å². The summed E-state index contributed by atoms with van der Waals surface area (Å²) in [6, 6.07) is 7.63. The highest BCUT2D eigenvalue weighted by Gasteiger charge is 2.26. The molecule has 1 saturated heterocycles. The molecule has 2 aromatic heterocycles. The van der Waals surface area contributed by atoms with Crippen molar-refractivity contribution in [3.63, 3.8) is 0 Å². The summed E-state index contributed by atoms with van der Waals surface area (Å²) in [5, 5.41) is 8.23. The molecule has 0 bridgehead atoms. The van der Waals surface area contributed by atoms with Crippen LogP contribution >= 0.6 is 11.3 Å². The summed E-state index contributed by atoms with van der Waals surface area (Å²) in [6.07, 6.45) is 4.48. The molecule has 1 aromatic carbocycles. The Labute approximate surface area is 206 Å². The van der Waals surface area contributed by atoms with E-state index in [2.05, 4.69) is 25.3 Å². The lowest BCUT2D eigenvalue weighted by Crippen LogP contribution is -2.24. The molecule has 4 heterocycles. The number of hydrogen-bond acceptors (Lipinski definition) is 10. The van der Waals surface area contributed by atoms with E-state index in [9.17, 15) is 4.79 Å². The zero-order valence-electron chi connectivity index (χ0n) is 19.2. The molecule has 1 amide bonds. The molecule has 11 heteroatoms. The van der Waals surface area contributed by atoms with Crippen molar-refractivity contribution >= 4 is 39.1 Å². The molecule has 1 saturated carbocycles. The summed E-state index contributed by atoms with van der Waals surface area (Å²) in [5.74, 6) is 1.29. The monoisotopic (exact) mass is 494 g/mol. The first-order chi connectivity index (χ1) is 17.1. The van der Waals surface area contributed by atoms with E-state index in [1.54, 1.807) is 6.07 Å². The number of hydrogen-bond donors (Lipinski definition) is 2. The number of fused-ring (bicyclic) bond motifs is 2. The fourth-order valence-corrected chi connectivity index (χ4v) is 5.22. The molecular formula is C24H26N6O4S. The summed E-state index contributed by atoms with van der Waals surface area (Å²) >= 11 is 1.29. The highest BCUT2D eigenvalue weighted by Crippen LogP contribution is 2.35. The normalized spacial score (nSPS) is 17.8. The van der Waals surface area contributed by atoms with Gasteiger partial charge in [0.2, 0.25) is 12.7 Å². The summed E-state index contributed by atoms with van der Waals surface area (Å²) in [4.78, 5) is 30.9. The number of carbonyl (C=O) groups is 1. The van der Waals surface area contributed by atoms with Gasteiger partial charge < -0.3 is 25.4 Å². The van der Waals surface area contributed by atoms with Crippen LogP contribution in [0.1, 0.15) is 46.6 Å². The van der Waals surface area contributed by atoms with Gasteiger partial charge in [-0.25, -0.2) is 9.97 Å². The molecule has 182 valence electrons. The third-order valence-electron chi connectivity index (χ3n) is 6.27. The Kier molecular flexibility index (Phi) is 5.86. The summed E-state index contributed by atoms with van der Waals surface area (Å²) in [5.41, 5.74) is 7.83. The Bertz CT molecular complexity index is 1300. The van der Waals surface area contributed by atoms with Crippen LogP contribution in [0.25, 0.3) is 10.2 Å². The lowest BCUT2D eigenvalue weighted by molar-refractivity contribution is 0.0955. The first kappa shape index (κ1) is 22.1. The van der Waals surface area contributed by atoms with Gasteiger partial charge in [0, 0.05) is 23.5 Å². The molecule has 0 radical (unpaired) electrons. The Morgan fingerprint density at radius 3 is 2.86 bits per heavy atom. The summed E-state index contributed by atoms with van der Waals surface area (Å²) in [7, 11) is 0. The van der Waals surface area contributed by atoms with Crippen LogP contribution in [0.3, 0.4) is 0 Å². The number of oxime groups is 1. The van der Waals surface area contributed by atoms with E-state index in [4.69, 9.17) is 20.0 Å². The standard InChI is InChI=1S/C24H26N6O4S/c25-24-27-21(16-12-19(35-23(16)28-24)22(31)26-15-4-5-15)20(29-34-10-9-30-7-1-2-8-30)14-3-6-17-18(11-14)33-13-32-17/h3,6,11-12,15H,1-2,4-5,7-10,13H2,(H,26,31)(H2,25,27,28)/b29-20+. The lowest BCUT2D eigenvalue weighted by Gasteiger charge is -2.14. The lowest BCUT2D eigenvalue weighted by atomic mass is 10.0. The second-order valence-electron chi connectivity index (χ2n) is 8.90. The molecule has 0 atom stereocenters. The van der Waals surface area contributed by atoms with Gasteiger partial charge >= 0.3 is 0 Å². The van der Waals surface area contributed by atoms with Gasteiger partial charge in [0.15, 0.2) is 11.5 Å². The minimum atomic E-state index is -0.108. The number of anilines is 1. The number of thiophene rings is 1. The molecule has 2 fully saturated rings. The molecule has 1 aliphatic carbocycles. The fraction of sp³-hybridized carbons (Fsp3) is 0.417. The maximum absolute atomic E-state index is 12.7. The van der Waals surface area contributed by atoms with E-state index in [1.807, 2.05) is 18.2 Å². The van der Waals surface area contributed by atoms with Crippen molar-refractivity contribution in [2.24, 2.45) is 5.16 Å². The zero-order chi connectivity index (χ0) is 23.8. The van der Waals surface area contributed by atoms with Gasteiger partial charge in [-0.3, -0.25) is 9.69 Å². The molecule has 0 spiro atoms. The Hall–Kier alpha value is -3.44. The van der Waals surface area contributed by atoms with Crippen LogP contribution in [0.2, 0.25) is 0 Å². The molecule has 3 aromatic rings. The van der Waals surface area contributed by atoms with Crippen LogP contribution in [0.5, 0.6) is 11.5 Å². The molecule has 10 nitrogen and oxygen atoms in total. The number of likely N-dealkylation sites (tertiary alicyclic amines) is 1. The smallest absolute Gasteiger partial charge is 0.261 e. The first-order valence-corrected chi connectivity index (χ1v) is 12.7. The third-order valence-corrected chi connectivity index (χ3v) is 7.30. The maximum atomic E-state index is 12.7. The number of nitrogens with one attached hydrogen (secondary N) is 1. The molecular weight excluding hydrogens is 468 g/mol. The van der Waals surface area contributed by atoms with Gasteiger partial charge in [0.05, 0.1) is 4.88 Å². The molecule has 0 unspecified atom stereocenters. The number of rotatable bonds is 8. The van der Waals surface area contributed by atoms with Crippen molar-refractivity contribution < 1.29 is 19.1 Å². The largest absolute Gasteiger partial charge is 0.454 e. The fourth-order valence-electron chi connectivity index (χ4n) is 4.28. The number of nitrogens with zero attached hydrogens (tertiary/aromatic N) is 4. The van der Waals surface area contributed by atoms with E-state index >= 15 is 0 Å². The molecule has 3 aliphatic rings. The number of aromatic nitrogens is 2. The minimum Gasteiger partial charge on any atom is -0.454 e. The van der Waals surface area contributed by atoms with Crippen LogP contribution in [0.15, 0.2) is 29.4 Å². The second-order valence-corrected chi connectivity index (χ2v) is 9.93. The summed E-state index contributed by atoms with van der Waals surface area (Å²) in [6.45, 7) is 3.61. The van der Waals surface area contributed by atoms with E-state index in [-0.39, 0.29) is 24.7 Å². The summed E-state index contributed by atoms with van der Waals surface area (Å²) < 4.78 is 11.0. The van der Waals surface area contributed by atoms with Crippen LogP contribution in [0.4, 0.5) is 5.95 Å². The van der Waals surface area contributed by atoms with E-state index in [0.717, 1.165) is 38.0 Å². The van der Waals surface area contributed by atoms with E-state index in [1.165, 1.54) is 24.2 Å². The molecule has 6 rings (SSSR count). The number of carbonyl (C=O) groups excluding carboxylic acids is 1. The second kappa shape index (κ2) is 9.31. The predicted octanol–water partition coefficient (Wildman–Crippen LogP) is 2.76. The van der Waals surface area contributed by atoms with Gasteiger partial charge in [-0.15, -0.1) is 11.3 Å². The molecule has 35 heavy (non-hydrogen) atoms. The van der Waals surface area contributed by atoms with Gasteiger partial charge in [0.1, 0.15) is 22.8 Å². The van der Waals surface area contributed by atoms with Crippen molar-refractivity contribution in [3.05, 3.63) is 40.4 Å². The number of ether oxygens (including phenoxy) is 2. The van der Waals surface area contributed by atoms with Gasteiger partial charge in [-0.2, -0.15) is 0 Å². The van der Waals surface area contributed by atoms with Crippen molar-refractivity contribution in [1.82, 2.24) is 20.2 Å². The van der Waals surface area contributed by atoms with Crippen LogP contribution in [-0.2, 0) is 4.84 Å². The quantitative estimate of drug-likeness (QED) is 0.278. The predicted molar refractivity (Wildman–Crippen MR) is 132 cm³/mol. The average Bonchev–Trinajstić information content (AvgIpc) is 3.24. The number of nitrogens with two attached hydrogens (primary N) is 1. The zero-order valence-corrected chi connectivity index (χ0v) is 20.0. The van der Waals surface area contributed by atoms with Crippen molar-refractivity contribution in [2.75, 3.05) is 38.8 Å². The number of benzene rings is 1. The van der Waals surface area contributed by atoms with Crippen LogP contribution in [0, 0.1) is 0 Å². The first-order valence-electron chi connectivity index (χ1n) is 11.8. The van der Waals surface area contributed by atoms with E-state index in [0.29, 0.717) is 44.6 Å². The molecule has 3 N–H and O–H groups in total. The van der Waals surface area contributed by atoms with Crippen LogP contribution < -0.4 is 20.5 Å². The van der Waals surface area contributed by atoms with Gasteiger partial charge in [-0.05, 0) is 63.0 Å². The van der Waals surface area contributed by atoms with E-state index < -0.39 is 0 Å². The topological polar surface area (TPSA) is 124 Å². The van der Waals surface area contributed by atoms with Crippen molar-refractivity contribution in [1.29, 1.82) is 0 Å². The van der Waals surface area contributed by atoms with Gasteiger partial charge in [-0.1, -0.05) is 5.16 Å². The highest BCUT2D eigenvalue weighted by atomic mass is 32.1. The maximum Gasteiger partial charge on any atom is 0.261 e. The molecule has 2 aliphatic heterocycles. The number of nitrogen functional groups attached to an aromatic ring is 1. The number of amides is 1. The average molecular weight is 495 g/mol. The Morgan fingerprint density at radius 2 is 2.03 bits per heavy atom. The highest BCUT2D eigenvalue weighted by molar-refractivity contribution is 7.20. The minimum absolute atomic E-state index is 0.106. The Balaban J connectivity index is 1.36.